The van der Waals surface area contributed by atoms with Gasteiger partial charge < -0.3 is 14.6 Å². The Morgan fingerprint density at radius 2 is 1.94 bits per heavy atom. The van der Waals surface area contributed by atoms with Crippen molar-refractivity contribution in [3.8, 4) is 17.6 Å². The summed E-state index contributed by atoms with van der Waals surface area (Å²) in [4.78, 5) is 18.6. The lowest BCUT2D eigenvalue weighted by atomic mass is 10.2. The molecule has 0 fully saturated rings. The largest absolute Gasteiger partial charge is 0.481 e. The Kier molecular flexibility index (Phi) is 3.38. The molecule has 6 heteroatoms. The van der Waals surface area contributed by atoms with Crippen molar-refractivity contribution in [2.75, 3.05) is 7.11 Å². The number of nitrogens with zero attached hydrogens (tertiary/aromatic N) is 2. The molecule has 18 heavy (non-hydrogen) atoms. The van der Waals surface area contributed by atoms with Crippen molar-refractivity contribution in [2.24, 2.45) is 0 Å². The molecular weight excluding hydrogens is 236 g/mol. The summed E-state index contributed by atoms with van der Waals surface area (Å²) in [5.41, 5.74) is 0.189. The fraction of sp³-hybridized carbons (Fsp3) is 0.0833. The molecule has 1 heterocycles. The number of benzene rings is 1. The van der Waals surface area contributed by atoms with Gasteiger partial charge in [0.25, 0.3) is 0 Å². The van der Waals surface area contributed by atoms with Crippen molar-refractivity contribution in [1.82, 2.24) is 9.97 Å². The summed E-state index contributed by atoms with van der Waals surface area (Å²) in [5.74, 6) is -0.144. The minimum atomic E-state index is -0.987. The van der Waals surface area contributed by atoms with Gasteiger partial charge in [-0.25, -0.2) is 9.78 Å². The molecule has 0 saturated carbocycles. The predicted octanol–water partition coefficient (Wildman–Crippen LogP) is 1.98. The first-order valence-electron chi connectivity index (χ1n) is 5.07. The fourth-order valence-electron chi connectivity index (χ4n) is 1.26. The van der Waals surface area contributed by atoms with Crippen LogP contribution in [0.25, 0.3) is 0 Å². The summed E-state index contributed by atoms with van der Waals surface area (Å²) in [6, 6.07) is 7.69. The lowest BCUT2D eigenvalue weighted by molar-refractivity contribution is 0.0697. The van der Waals surface area contributed by atoms with Crippen molar-refractivity contribution in [3.63, 3.8) is 0 Å². The van der Waals surface area contributed by atoms with Crippen LogP contribution in [0.5, 0.6) is 17.6 Å². The molecule has 0 atom stereocenters. The third kappa shape index (κ3) is 2.73. The van der Waals surface area contributed by atoms with Gasteiger partial charge in [-0.2, -0.15) is 4.98 Å². The van der Waals surface area contributed by atoms with E-state index in [0.717, 1.165) is 0 Å². The van der Waals surface area contributed by atoms with E-state index in [1.807, 2.05) is 0 Å². The highest BCUT2D eigenvalue weighted by molar-refractivity contribution is 5.87. The minimum absolute atomic E-state index is 0.137. The summed E-state index contributed by atoms with van der Waals surface area (Å²) in [6.07, 6.45) is 1.51. The molecule has 0 aliphatic heterocycles. The molecule has 2 rings (SSSR count). The monoisotopic (exact) mass is 246 g/mol. The Morgan fingerprint density at radius 1 is 1.22 bits per heavy atom. The highest BCUT2D eigenvalue weighted by Gasteiger charge is 2.05. The second-order valence-electron chi connectivity index (χ2n) is 3.31. The van der Waals surface area contributed by atoms with Gasteiger partial charge in [-0.3, -0.25) is 0 Å². The number of ether oxygens (including phenoxy) is 2. The standard InChI is InChI=1S/C12H10N2O4/c1-17-10-6-7-13-12(14-10)18-9-4-2-8(3-5-9)11(15)16/h2-7H,1H3,(H,15,16). The molecule has 0 radical (unpaired) electrons. The van der Waals surface area contributed by atoms with Crippen LogP contribution in [0.15, 0.2) is 36.5 Å². The molecule has 1 aromatic carbocycles. The van der Waals surface area contributed by atoms with Gasteiger partial charge in [-0.1, -0.05) is 0 Å². The first-order chi connectivity index (χ1) is 8.69. The van der Waals surface area contributed by atoms with E-state index in [9.17, 15) is 4.79 Å². The molecule has 1 N–H and O–H groups in total. The number of carboxylic acid groups (broad SMARTS) is 1. The van der Waals surface area contributed by atoms with E-state index in [-0.39, 0.29) is 11.6 Å². The molecule has 0 aliphatic carbocycles. The Bertz CT molecular complexity index is 554. The predicted molar refractivity (Wildman–Crippen MR) is 62.1 cm³/mol. The van der Waals surface area contributed by atoms with Gasteiger partial charge in [0.2, 0.25) is 5.88 Å². The van der Waals surface area contributed by atoms with Crippen molar-refractivity contribution >= 4 is 5.97 Å². The second-order valence-corrected chi connectivity index (χ2v) is 3.31. The van der Waals surface area contributed by atoms with Crippen molar-refractivity contribution in [2.45, 2.75) is 0 Å². The Balaban J connectivity index is 2.15. The average molecular weight is 246 g/mol. The van der Waals surface area contributed by atoms with Crippen molar-refractivity contribution in [1.29, 1.82) is 0 Å². The average Bonchev–Trinajstić information content (AvgIpc) is 2.39. The number of carboxylic acids is 1. The number of rotatable bonds is 4. The number of methoxy groups -OCH3 is 1. The van der Waals surface area contributed by atoms with Crippen LogP contribution in [0.2, 0.25) is 0 Å². The zero-order valence-electron chi connectivity index (χ0n) is 9.53. The lowest BCUT2D eigenvalue weighted by Crippen LogP contribution is -1.97. The molecular formula is C12H10N2O4. The van der Waals surface area contributed by atoms with E-state index >= 15 is 0 Å². The summed E-state index contributed by atoms with van der Waals surface area (Å²) in [5, 5.41) is 8.75. The zero-order valence-corrected chi connectivity index (χ0v) is 9.53. The lowest BCUT2D eigenvalue weighted by Gasteiger charge is -2.04. The number of aromatic nitrogens is 2. The highest BCUT2D eigenvalue weighted by Crippen LogP contribution is 2.19. The van der Waals surface area contributed by atoms with Crippen LogP contribution in [-0.2, 0) is 0 Å². The molecule has 92 valence electrons. The Hall–Kier alpha value is -2.63. The van der Waals surface area contributed by atoms with Crippen LogP contribution in [-0.4, -0.2) is 28.2 Å². The first kappa shape index (κ1) is 11.8. The van der Waals surface area contributed by atoms with Crippen molar-refractivity contribution in [3.05, 3.63) is 42.1 Å². The van der Waals surface area contributed by atoms with E-state index in [1.165, 1.54) is 37.6 Å². The maximum absolute atomic E-state index is 10.7. The van der Waals surface area contributed by atoms with Gasteiger partial charge in [-0.05, 0) is 24.3 Å². The van der Waals surface area contributed by atoms with Crippen LogP contribution < -0.4 is 9.47 Å². The van der Waals surface area contributed by atoms with Gasteiger partial charge >= 0.3 is 12.0 Å². The summed E-state index contributed by atoms with van der Waals surface area (Å²) < 4.78 is 10.3. The normalized spacial score (nSPS) is 9.83. The molecule has 0 spiro atoms. The number of hydrogen-bond acceptors (Lipinski definition) is 5. The molecule has 0 unspecified atom stereocenters. The topological polar surface area (TPSA) is 81.5 Å². The van der Waals surface area contributed by atoms with E-state index in [4.69, 9.17) is 14.6 Å². The van der Waals surface area contributed by atoms with Crippen molar-refractivity contribution < 1.29 is 19.4 Å². The maximum atomic E-state index is 10.7. The second kappa shape index (κ2) is 5.13. The number of aromatic carboxylic acids is 1. The smallest absolute Gasteiger partial charge is 0.335 e. The Morgan fingerprint density at radius 3 is 2.56 bits per heavy atom. The van der Waals surface area contributed by atoms with Crippen LogP contribution in [0, 0.1) is 0 Å². The molecule has 6 nitrogen and oxygen atoms in total. The van der Waals surface area contributed by atoms with Crippen LogP contribution in [0.1, 0.15) is 10.4 Å². The third-order valence-electron chi connectivity index (χ3n) is 2.13. The van der Waals surface area contributed by atoms with Gasteiger partial charge in [-0.15, -0.1) is 0 Å². The van der Waals surface area contributed by atoms with Crippen LogP contribution >= 0.6 is 0 Å². The first-order valence-corrected chi connectivity index (χ1v) is 5.07. The molecule has 2 aromatic rings. The summed E-state index contributed by atoms with van der Waals surface area (Å²) in [7, 11) is 1.49. The van der Waals surface area contributed by atoms with Gasteiger partial charge in [0.15, 0.2) is 0 Å². The molecule has 0 amide bonds. The van der Waals surface area contributed by atoms with Crippen LogP contribution in [0.3, 0.4) is 0 Å². The summed E-state index contributed by atoms with van der Waals surface area (Å²) >= 11 is 0. The fourth-order valence-corrected chi connectivity index (χ4v) is 1.26. The van der Waals surface area contributed by atoms with E-state index in [1.54, 1.807) is 6.07 Å². The number of carbonyl (C=O) groups is 1. The SMILES string of the molecule is COc1ccnc(Oc2ccc(C(=O)O)cc2)n1. The van der Waals surface area contributed by atoms with Crippen LogP contribution in [0.4, 0.5) is 0 Å². The van der Waals surface area contributed by atoms with E-state index in [0.29, 0.717) is 11.6 Å². The van der Waals surface area contributed by atoms with E-state index in [2.05, 4.69) is 9.97 Å². The minimum Gasteiger partial charge on any atom is -0.481 e. The quantitative estimate of drug-likeness (QED) is 0.888. The highest BCUT2D eigenvalue weighted by atomic mass is 16.5. The third-order valence-corrected chi connectivity index (χ3v) is 2.13. The summed E-state index contributed by atoms with van der Waals surface area (Å²) in [6.45, 7) is 0. The molecule has 0 aliphatic rings. The van der Waals surface area contributed by atoms with Gasteiger partial charge in [0.1, 0.15) is 5.75 Å². The van der Waals surface area contributed by atoms with Gasteiger partial charge in [0, 0.05) is 12.3 Å². The molecule has 0 saturated heterocycles. The maximum Gasteiger partial charge on any atom is 0.335 e. The Labute approximate surface area is 103 Å². The number of hydrogen-bond donors (Lipinski definition) is 1. The van der Waals surface area contributed by atoms with Gasteiger partial charge in [0.05, 0.1) is 12.7 Å². The zero-order chi connectivity index (χ0) is 13.0. The molecule has 1 aromatic heterocycles. The van der Waals surface area contributed by atoms with E-state index < -0.39 is 5.97 Å². The molecule has 0 bridgehead atoms.